The van der Waals surface area contributed by atoms with Crippen LogP contribution >= 0.6 is 0 Å². The van der Waals surface area contributed by atoms with E-state index in [1.165, 1.54) is 22.4 Å². The highest BCUT2D eigenvalue weighted by atomic mass is 32.2. The van der Waals surface area contributed by atoms with Gasteiger partial charge in [0.15, 0.2) is 5.65 Å². The Morgan fingerprint density at radius 1 is 1.00 bits per heavy atom. The van der Waals surface area contributed by atoms with Crippen LogP contribution in [0.1, 0.15) is 24.8 Å². The van der Waals surface area contributed by atoms with Crippen LogP contribution < -0.4 is 4.90 Å². The highest BCUT2D eigenvalue weighted by Crippen LogP contribution is 2.32. The van der Waals surface area contributed by atoms with Crippen molar-refractivity contribution in [3.8, 4) is 0 Å². The Morgan fingerprint density at radius 3 is 2.47 bits per heavy atom. The number of hydrogen-bond acceptors (Lipinski definition) is 5. The first-order chi connectivity index (χ1) is 14.5. The number of hydrogen-bond donors (Lipinski definition) is 0. The molecule has 0 bridgehead atoms. The number of likely N-dealkylation sites (N-methyl/N-ethyl adjacent to an activating group) is 1. The summed E-state index contributed by atoms with van der Waals surface area (Å²) in [6.45, 7) is 3.90. The van der Waals surface area contributed by atoms with Gasteiger partial charge in [-0.1, -0.05) is 6.08 Å². The van der Waals surface area contributed by atoms with Crippen molar-refractivity contribution in [3.63, 3.8) is 0 Å². The molecule has 0 N–H and O–H groups in total. The maximum atomic E-state index is 13.5. The molecule has 2 aliphatic rings. The van der Waals surface area contributed by atoms with Gasteiger partial charge in [0.25, 0.3) is 10.0 Å². The molecule has 1 aromatic carbocycles. The maximum Gasteiger partial charge on any atom is 0.269 e. The zero-order valence-electron chi connectivity index (χ0n) is 17.2. The van der Waals surface area contributed by atoms with Gasteiger partial charge in [0, 0.05) is 55.2 Å². The van der Waals surface area contributed by atoms with Crippen molar-refractivity contribution in [1.82, 2.24) is 13.9 Å². The molecule has 5 rings (SSSR count). The zero-order valence-corrected chi connectivity index (χ0v) is 18.0. The first-order valence-corrected chi connectivity index (χ1v) is 11.9. The molecule has 6 nitrogen and oxygen atoms in total. The van der Waals surface area contributed by atoms with Crippen LogP contribution in [0.15, 0.2) is 59.8 Å². The second-order valence-electron chi connectivity index (χ2n) is 8.15. The Hall–Kier alpha value is -2.64. The van der Waals surface area contributed by atoms with E-state index < -0.39 is 10.0 Å². The quantitative estimate of drug-likeness (QED) is 0.643. The first-order valence-electron chi connectivity index (χ1n) is 10.5. The second-order valence-corrected chi connectivity index (χ2v) is 9.96. The third kappa shape index (κ3) is 3.32. The summed E-state index contributed by atoms with van der Waals surface area (Å²) in [6.07, 6.45) is 8.86. The molecular formula is C23H26N4O2S. The van der Waals surface area contributed by atoms with E-state index in [-0.39, 0.29) is 4.90 Å². The van der Waals surface area contributed by atoms with Gasteiger partial charge in [-0.3, -0.25) is 0 Å². The fourth-order valence-corrected chi connectivity index (χ4v) is 5.73. The molecule has 7 heteroatoms. The number of anilines is 1. The second kappa shape index (κ2) is 7.56. The SMILES string of the molecule is CN1CC=C(c2cn(S(=O)(=O)c3ccc(N4CCCC4)cc3)c3ncccc23)CC1. The molecule has 0 aliphatic carbocycles. The Balaban J connectivity index is 1.57. The summed E-state index contributed by atoms with van der Waals surface area (Å²) in [5.41, 5.74) is 3.71. The summed E-state index contributed by atoms with van der Waals surface area (Å²) < 4.78 is 28.4. The fraction of sp³-hybridized carbons (Fsp3) is 0.348. The van der Waals surface area contributed by atoms with Gasteiger partial charge < -0.3 is 9.80 Å². The highest BCUT2D eigenvalue weighted by molar-refractivity contribution is 7.90. The van der Waals surface area contributed by atoms with E-state index in [9.17, 15) is 8.42 Å². The molecule has 0 atom stereocenters. The van der Waals surface area contributed by atoms with E-state index in [4.69, 9.17) is 0 Å². The molecule has 1 fully saturated rings. The van der Waals surface area contributed by atoms with Crippen LogP contribution in [0.4, 0.5) is 5.69 Å². The lowest BCUT2D eigenvalue weighted by Gasteiger charge is -2.21. The zero-order chi connectivity index (χ0) is 20.7. The number of aromatic nitrogens is 2. The lowest BCUT2D eigenvalue weighted by atomic mass is 10.00. The van der Waals surface area contributed by atoms with Gasteiger partial charge >= 0.3 is 0 Å². The lowest BCUT2D eigenvalue weighted by Crippen LogP contribution is -2.23. The summed E-state index contributed by atoms with van der Waals surface area (Å²) in [5, 5.41) is 0.880. The minimum atomic E-state index is -3.74. The molecule has 156 valence electrons. The molecule has 30 heavy (non-hydrogen) atoms. The van der Waals surface area contributed by atoms with Crippen molar-refractivity contribution < 1.29 is 8.42 Å². The van der Waals surface area contributed by atoms with Gasteiger partial charge in [-0.05, 0) is 68.3 Å². The molecule has 0 radical (unpaired) electrons. The topological polar surface area (TPSA) is 58.4 Å². The summed E-state index contributed by atoms with van der Waals surface area (Å²) in [5.74, 6) is 0. The Morgan fingerprint density at radius 2 is 1.77 bits per heavy atom. The average molecular weight is 423 g/mol. The van der Waals surface area contributed by atoms with E-state index >= 15 is 0 Å². The average Bonchev–Trinajstić information content (AvgIpc) is 3.43. The largest absolute Gasteiger partial charge is 0.372 e. The predicted molar refractivity (Wildman–Crippen MR) is 120 cm³/mol. The monoisotopic (exact) mass is 422 g/mol. The van der Waals surface area contributed by atoms with Crippen LogP contribution in [0.3, 0.4) is 0 Å². The van der Waals surface area contributed by atoms with Gasteiger partial charge in [0.05, 0.1) is 4.90 Å². The number of pyridine rings is 1. The predicted octanol–water partition coefficient (Wildman–Crippen LogP) is 3.59. The minimum Gasteiger partial charge on any atom is -0.372 e. The fourth-order valence-electron chi connectivity index (χ4n) is 4.40. The van der Waals surface area contributed by atoms with Crippen molar-refractivity contribution in [2.24, 2.45) is 0 Å². The molecular weight excluding hydrogens is 396 g/mol. The third-order valence-electron chi connectivity index (χ3n) is 6.15. The van der Waals surface area contributed by atoms with Crippen molar-refractivity contribution in [1.29, 1.82) is 0 Å². The van der Waals surface area contributed by atoms with Crippen molar-refractivity contribution in [2.45, 2.75) is 24.2 Å². The molecule has 1 saturated heterocycles. The van der Waals surface area contributed by atoms with Crippen molar-refractivity contribution in [2.75, 3.05) is 38.1 Å². The van der Waals surface area contributed by atoms with E-state index in [0.717, 1.165) is 49.2 Å². The molecule has 2 aromatic heterocycles. The number of rotatable bonds is 4. The van der Waals surface area contributed by atoms with Gasteiger partial charge in [-0.25, -0.2) is 17.4 Å². The van der Waals surface area contributed by atoms with Gasteiger partial charge in [0.1, 0.15) is 0 Å². The Labute approximate surface area is 177 Å². The lowest BCUT2D eigenvalue weighted by molar-refractivity contribution is 0.370. The van der Waals surface area contributed by atoms with Crippen LogP contribution in [0, 0.1) is 0 Å². The molecule has 4 heterocycles. The van der Waals surface area contributed by atoms with E-state index in [1.54, 1.807) is 24.5 Å². The maximum absolute atomic E-state index is 13.5. The van der Waals surface area contributed by atoms with Gasteiger partial charge in [0.2, 0.25) is 0 Å². The van der Waals surface area contributed by atoms with Gasteiger partial charge in [-0.15, -0.1) is 0 Å². The Bertz CT molecular complexity index is 1210. The first kappa shape index (κ1) is 19.3. The summed E-state index contributed by atoms with van der Waals surface area (Å²) in [4.78, 5) is 9.26. The molecule has 0 unspecified atom stereocenters. The van der Waals surface area contributed by atoms with Crippen molar-refractivity contribution >= 4 is 32.3 Å². The third-order valence-corrected chi connectivity index (χ3v) is 7.82. The van der Waals surface area contributed by atoms with E-state index in [1.807, 2.05) is 24.3 Å². The van der Waals surface area contributed by atoms with Crippen LogP contribution in [0.2, 0.25) is 0 Å². The smallest absolute Gasteiger partial charge is 0.269 e. The van der Waals surface area contributed by atoms with Crippen LogP contribution in [-0.4, -0.2) is 55.5 Å². The van der Waals surface area contributed by atoms with E-state index in [2.05, 4.69) is 27.9 Å². The van der Waals surface area contributed by atoms with Crippen LogP contribution in [0.25, 0.3) is 16.6 Å². The standard InChI is InChI=1S/C23H26N4O2S/c1-25-15-10-18(11-16-25)22-17-27(23-21(22)5-4-12-24-23)30(28,29)20-8-6-19(7-9-20)26-13-2-3-14-26/h4-10,12,17H,2-3,11,13-16H2,1H3. The van der Waals surface area contributed by atoms with Crippen molar-refractivity contribution in [3.05, 3.63) is 60.4 Å². The Kier molecular flexibility index (Phi) is 4.87. The summed E-state index contributed by atoms with van der Waals surface area (Å²) in [7, 11) is -1.64. The minimum absolute atomic E-state index is 0.289. The summed E-state index contributed by atoms with van der Waals surface area (Å²) in [6, 6.07) is 11.1. The summed E-state index contributed by atoms with van der Waals surface area (Å²) >= 11 is 0. The molecule has 0 saturated carbocycles. The number of benzene rings is 1. The molecule has 2 aliphatic heterocycles. The van der Waals surface area contributed by atoms with Gasteiger partial charge in [-0.2, -0.15) is 0 Å². The number of fused-ring (bicyclic) bond motifs is 1. The normalized spacial score (nSPS) is 18.2. The van der Waals surface area contributed by atoms with Crippen LogP contribution in [0.5, 0.6) is 0 Å². The molecule has 0 spiro atoms. The van der Waals surface area contributed by atoms with E-state index in [0.29, 0.717) is 5.65 Å². The number of nitrogens with zero attached hydrogens (tertiary/aromatic N) is 4. The molecule has 3 aromatic rings. The highest BCUT2D eigenvalue weighted by Gasteiger charge is 2.24. The molecule has 0 amide bonds. The van der Waals surface area contributed by atoms with Crippen LogP contribution in [-0.2, 0) is 10.0 Å².